The van der Waals surface area contributed by atoms with Gasteiger partial charge in [-0.15, -0.1) is 0 Å². The number of esters is 1. The first-order valence-electron chi connectivity index (χ1n) is 10.4. The molecule has 0 amide bonds. The lowest BCUT2D eigenvalue weighted by Crippen LogP contribution is -2.45. The first kappa shape index (κ1) is 25.6. The lowest BCUT2D eigenvalue weighted by Gasteiger charge is -2.24. The maximum atomic E-state index is 12.8. The van der Waals surface area contributed by atoms with E-state index in [0.29, 0.717) is 11.5 Å². The molecule has 2 unspecified atom stereocenters. The van der Waals surface area contributed by atoms with Gasteiger partial charge < -0.3 is 19.3 Å². The number of hydrogen-bond acceptors (Lipinski definition) is 7. The Morgan fingerprint density at radius 2 is 1.56 bits per heavy atom. The van der Waals surface area contributed by atoms with Crippen LogP contribution in [0.3, 0.4) is 0 Å². The monoisotopic (exact) mass is 465 g/mol. The number of aliphatic hydroxyl groups excluding tert-OH is 1. The van der Waals surface area contributed by atoms with Crippen LogP contribution in [-0.2, 0) is 19.6 Å². The van der Waals surface area contributed by atoms with Gasteiger partial charge in [-0.25, -0.2) is 8.42 Å². The molecule has 2 N–H and O–H groups in total. The van der Waals surface area contributed by atoms with Crippen LogP contribution in [0.25, 0.3) is 0 Å². The molecule has 32 heavy (non-hydrogen) atoms. The smallest absolute Gasteiger partial charge is 0.327 e. The first-order valence-corrected chi connectivity index (χ1v) is 11.9. The molecule has 0 bridgehead atoms. The Morgan fingerprint density at radius 3 is 2.12 bits per heavy atom. The molecule has 0 aliphatic heterocycles. The van der Waals surface area contributed by atoms with Crippen molar-refractivity contribution in [2.75, 3.05) is 6.61 Å². The lowest BCUT2D eigenvalue weighted by molar-refractivity contribution is -0.148. The zero-order chi connectivity index (χ0) is 23.9. The van der Waals surface area contributed by atoms with E-state index in [-0.39, 0.29) is 29.3 Å². The van der Waals surface area contributed by atoms with Gasteiger partial charge in [-0.2, -0.15) is 4.72 Å². The molecule has 0 saturated heterocycles. The van der Waals surface area contributed by atoms with Gasteiger partial charge in [-0.3, -0.25) is 4.79 Å². The van der Waals surface area contributed by atoms with Crippen molar-refractivity contribution < 1.29 is 32.5 Å². The third-order valence-corrected chi connectivity index (χ3v) is 5.68. The maximum absolute atomic E-state index is 12.8. The Kier molecular flexibility index (Phi) is 9.06. The molecule has 8 nitrogen and oxygen atoms in total. The molecule has 2 aromatic rings. The Bertz CT molecular complexity index is 991. The molecule has 0 aromatic heterocycles. The van der Waals surface area contributed by atoms with Gasteiger partial charge in [-0.1, -0.05) is 24.3 Å². The van der Waals surface area contributed by atoms with E-state index in [1.807, 2.05) is 27.7 Å². The average Bonchev–Trinajstić information content (AvgIpc) is 2.73. The normalized spacial score (nSPS) is 13.6. The standard InChI is InChI=1S/C23H31NO7S/c1-6-29-23(26)21(24-32(27,28)18-10-8-7-9-11-18)22(25)17-12-13-19(30-15(2)3)20(14-17)31-16(4)5/h7-16,21-22,24-25H,6H2,1-5H3. The van der Waals surface area contributed by atoms with Gasteiger partial charge in [0.25, 0.3) is 0 Å². The quantitative estimate of drug-likeness (QED) is 0.490. The Balaban J connectivity index is 2.42. The van der Waals surface area contributed by atoms with E-state index in [2.05, 4.69) is 4.72 Å². The largest absolute Gasteiger partial charge is 0.487 e. The molecule has 0 saturated carbocycles. The number of rotatable bonds is 11. The van der Waals surface area contributed by atoms with Gasteiger partial charge in [0.2, 0.25) is 10.0 Å². The summed E-state index contributed by atoms with van der Waals surface area (Å²) in [5.41, 5.74) is 0.269. The third-order valence-electron chi connectivity index (χ3n) is 4.23. The number of hydrogen-bond donors (Lipinski definition) is 2. The Hall–Kier alpha value is -2.62. The summed E-state index contributed by atoms with van der Waals surface area (Å²) in [4.78, 5) is 12.5. The van der Waals surface area contributed by atoms with Gasteiger partial charge in [-0.05, 0) is 64.4 Å². The molecule has 0 radical (unpaired) electrons. The Morgan fingerprint density at radius 1 is 0.969 bits per heavy atom. The number of nitrogens with one attached hydrogen (secondary N) is 1. The SMILES string of the molecule is CCOC(=O)C(NS(=O)(=O)c1ccccc1)C(O)c1ccc(OC(C)C)c(OC(C)C)c1. The highest BCUT2D eigenvalue weighted by Crippen LogP contribution is 2.33. The average molecular weight is 466 g/mol. The molecule has 0 aliphatic carbocycles. The minimum absolute atomic E-state index is 0.0258. The van der Waals surface area contributed by atoms with Crippen LogP contribution in [0.1, 0.15) is 46.3 Å². The molecule has 9 heteroatoms. The zero-order valence-electron chi connectivity index (χ0n) is 18.9. The molecule has 0 fully saturated rings. The van der Waals surface area contributed by atoms with Gasteiger partial charge >= 0.3 is 5.97 Å². The molecular weight excluding hydrogens is 434 g/mol. The van der Waals surface area contributed by atoms with E-state index in [1.165, 1.54) is 18.2 Å². The van der Waals surface area contributed by atoms with Gasteiger partial charge in [0, 0.05) is 0 Å². The summed E-state index contributed by atoms with van der Waals surface area (Å²) < 4.78 is 44.5. The summed E-state index contributed by atoms with van der Waals surface area (Å²) in [6, 6.07) is 10.7. The van der Waals surface area contributed by atoms with Crippen molar-refractivity contribution in [3.63, 3.8) is 0 Å². The van der Waals surface area contributed by atoms with E-state index in [9.17, 15) is 18.3 Å². The predicted octanol–water partition coefficient (Wildman–Crippen LogP) is 3.20. The van der Waals surface area contributed by atoms with E-state index in [1.54, 1.807) is 37.3 Å². The third kappa shape index (κ3) is 6.94. The van der Waals surface area contributed by atoms with Crippen molar-refractivity contribution in [3.05, 3.63) is 54.1 Å². The van der Waals surface area contributed by atoms with E-state index < -0.39 is 28.1 Å². The van der Waals surface area contributed by atoms with Gasteiger partial charge in [0.1, 0.15) is 12.1 Å². The van der Waals surface area contributed by atoms with Crippen molar-refractivity contribution in [1.29, 1.82) is 0 Å². The molecule has 0 spiro atoms. The van der Waals surface area contributed by atoms with Crippen LogP contribution < -0.4 is 14.2 Å². The van der Waals surface area contributed by atoms with E-state index in [4.69, 9.17) is 14.2 Å². The second-order valence-corrected chi connectivity index (χ2v) is 9.36. The molecule has 0 heterocycles. The first-order chi connectivity index (χ1) is 15.0. The summed E-state index contributed by atoms with van der Waals surface area (Å²) in [6.45, 7) is 9.06. The minimum atomic E-state index is -4.10. The highest BCUT2D eigenvalue weighted by molar-refractivity contribution is 7.89. The second-order valence-electron chi connectivity index (χ2n) is 7.65. The number of carbonyl (C=O) groups is 1. The van der Waals surface area contributed by atoms with Gasteiger partial charge in [0.15, 0.2) is 11.5 Å². The van der Waals surface area contributed by atoms with Gasteiger partial charge in [0.05, 0.1) is 23.7 Å². The summed E-state index contributed by atoms with van der Waals surface area (Å²) in [7, 11) is -4.10. The molecule has 2 atom stereocenters. The van der Waals surface area contributed by atoms with Crippen LogP contribution in [0.15, 0.2) is 53.4 Å². The highest BCUT2D eigenvalue weighted by Gasteiger charge is 2.34. The molecule has 0 aliphatic rings. The molecule has 176 valence electrons. The zero-order valence-corrected chi connectivity index (χ0v) is 19.8. The minimum Gasteiger partial charge on any atom is -0.487 e. The fourth-order valence-electron chi connectivity index (χ4n) is 2.91. The second kappa shape index (κ2) is 11.3. The van der Waals surface area contributed by atoms with Crippen LogP contribution in [-0.4, -0.2) is 44.4 Å². The summed E-state index contributed by atoms with van der Waals surface area (Å²) in [6.07, 6.45) is -1.81. The maximum Gasteiger partial charge on any atom is 0.327 e. The van der Waals surface area contributed by atoms with Crippen LogP contribution in [0.5, 0.6) is 11.5 Å². The molecule has 2 rings (SSSR count). The van der Waals surface area contributed by atoms with E-state index in [0.717, 1.165) is 0 Å². The predicted molar refractivity (Wildman–Crippen MR) is 120 cm³/mol. The molecular formula is C23H31NO7S. The number of benzene rings is 2. The van der Waals surface area contributed by atoms with Crippen molar-refractivity contribution in [2.45, 2.75) is 63.9 Å². The van der Waals surface area contributed by atoms with Crippen LogP contribution in [0, 0.1) is 0 Å². The van der Waals surface area contributed by atoms with Crippen LogP contribution in [0.4, 0.5) is 0 Å². The topological polar surface area (TPSA) is 111 Å². The number of sulfonamides is 1. The number of aliphatic hydroxyl groups is 1. The lowest BCUT2D eigenvalue weighted by atomic mass is 10.0. The summed E-state index contributed by atoms with van der Waals surface area (Å²) in [5, 5.41) is 11.0. The number of ether oxygens (including phenoxy) is 3. The van der Waals surface area contributed by atoms with Crippen molar-refractivity contribution in [1.82, 2.24) is 4.72 Å². The van der Waals surface area contributed by atoms with Crippen molar-refractivity contribution in [3.8, 4) is 11.5 Å². The summed E-state index contributed by atoms with van der Waals surface area (Å²) in [5.74, 6) is -0.0469. The fraction of sp³-hybridized carbons (Fsp3) is 0.435. The van der Waals surface area contributed by atoms with Crippen LogP contribution >= 0.6 is 0 Å². The number of carbonyl (C=O) groups excluding carboxylic acids is 1. The fourth-order valence-corrected chi connectivity index (χ4v) is 4.12. The van der Waals surface area contributed by atoms with Crippen molar-refractivity contribution >= 4 is 16.0 Å². The van der Waals surface area contributed by atoms with Crippen LogP contribution in [0.2, 0.25) is 0 Å². The molecule has 2 aromatic carbocycles. The van der Waals surface area contributed by atoms with Crippen molar-refractivity contribution in [2.24, 2.45) is 0 Å². The Labute approximate surface area is 189 Å². The summed E-state index contributed by atoms with van der Waals surface area (Å²) >= 11 is 0. The highest BCUT2D eigenvalue weighted by atomic mass is 32.2. The van der Waals surface area contributed by atoms with E-state index >= 15 is 0 Å².